The number of hydrogen-bond acceptors (Lipinski definition) is 2. The van der Waals surface area contributed by atoms with Crippen molar-refractivity contribution in [1.29, 1.82) is 0 Å². The highest BCUT2D eigenvalue weighted by atomic mass is 15.1. The van der Waals surface area contributed by atoms with Gasteiger partial charge in [-0.2, -0.15) is 0 Å². The van der Waals surface area contributed by atoms with Crippen LogP contribution in [0, 0.1) is 0 Å². The smallest absolute Gasteiger partial charge is 0.162 e. The lowest BCUT2D eigenvalue weighted by molar-refractivity contribution is 1.11. The fourth-order valence-corrected chi connectivity index (χ4v) is 6.94. The highest BCUT2D eigenvalue weighted by Crippen LogP contribution is 2.40. The molecule has 0 radical (unpaired) electrons. The van der Waals surface area contributed by atoms with Gasteiger partial charge in [0.25, 0.3) is 0 Å². The highest BCUT2D eigenvalue weighted by Gasteiger charge is 2.21. The third kappa shape index (κ3) is 5.55. The summed E-state index contributed by atoms with van der Waals surface area (Å²) in [5.41, 5.74) is 13.5. The molecule has 0 amide bonds. The van der Waals surface area contributed by atoms with E-state index in [2.05, 4.69) is 174 Å². The van der Waals surface area contributed by atoms with Crippen LogP contribution in [0.15, 0.2) is 188 Å². The van der Waals surface area contributed by atoms with Gasteiger partial charge < -0.3 is 0 Å². The summed E-state index contributed by atoms with van der Waals surface area (Å²) >= 11 is 0. The maximum Gasteiger partial charge on any atom is 0.162 e. The van der Waals surface area contributed by atoms with Gasteiger partial charge >= 0.3 is 0 Å². The molecule has 3 nitrogen and oxygen atoms in total. The van der Waals surface area contributed by atoms with E-state index in [0.29, 0.717) is 5.82 Å². The Morgan fingerprint density at radius 2 is 0.880 bits per heavy atom. The van der Waals surface area contributed by atoms with Crippen LogP contribution in [0.4, 0.5) is 0 Å². The molecular formula is C47H33N3. The summed E-state index contributed by atoms with van der Waals surface area (Å²) < 4.78 is 2.28. The van der Waals surface area contributed by atoms with Crippen molar-refractivity contribution < 1.29 is 0 Å². The molecule has 0 saturated heterocycles. The molecule has 0 atom stereocenters. The van der Waals surface area contributed by atoms with Gasteiger partial charge in [0.2, 0.25) is 0 Å². The second kappa shape index (κ2) is 12.8. The zero-order valence-electron chi connectivity index (χ0n) is 27.4. The van der Waals surface area contributed by atoms with Gasteiger partial charge in [-0.25, -0.2) is 9.97 Å². The fraction of sp³-hybridized carbons (Fsp3) is 0.0213. The molecule has 9 aromatic rings. The summed E-state index contributed by atoms with van der Waals surface area (Å²) in [4.78, 5) is 10.5. The van der Waals surface area contributed by atoms with Crippen molar-refractivity contribution in [2.45, 2.75) is 6.42 Å². The molecular weight excluding hydrogens is 607 g/mol. The molecule has 7 aromatic carbocycles. The summed E-state index contributed by atoms with van der Waals surface area (Å²) in [6, 6.07) is 66.5. The lowest BCUT2D eigenvalue weighted by atomic mass is 9.97. The van der Waals surface area contributed by atoms with Crippen LogP contribution in [0.1, 0.15) is 11.1 Å². The SMILES string of the molecule is c1ccc(-c2ccc(Cc3ccc(-c4ccc5c(c4)c4c(-c6ccccc6)nc(-c6ccccc6)nc4n5-c4ccccc4)cc3)cc2)cc1. The molecule has 0 N–H and O–H groups in total. The van der Waals surface area contributed by atoms with E-state index in [0.717, 1.165) is 56.4 Å². The Morgan fingerprint density at radius 1 is 0.400 bits per heavy atom. The number of fused-ring (bicyclic) bond motifs is 3. The van der Waals surface area contributed by atoms with Gasteiger partial charge in [-0.3, -0.25) is 4.57 Å². The van der Waals surface area contributed by atoms with E-state index in [1.54, 1.807) is 0 Å². The minimum Gasteiger partial charge on any atom is -0.294 e. The standard InChI is InChI=1S/C47H33N3/c1-5-13-35(14-6-1)36-25-21-33(22-26-36)31-34-23-27-37(28-24-34)40-29-30-43-42(32-40)44-45(38-15-7-2-8-16-38)48-46(39-17-9-3-10-18-39)49-47(44)50(43)41-19-11-4-12-20-41/h1-30,32H,31H2. The van der Waals surface area contributed by atoms with E-state index >= 15 is 0 Å². The Labute approximate surface area is 291 Å². The summed E-state index contributed by atoms with van der Waals surface area (Å²) in [7, 11) is 0. The fourth-order valence-electron chi connectivity index (χ4n) is 6.94. The zero-order valence-corrected chi connectivity index (χ0v) is 27.4. The van der Waals surface area contributed by atoms with Gasteiger partial charge in [0.1, 0.15) is 5.65 Å². The van der Waals surface area contributed by atoms with Crippen molar-refractivity contribution in [2.75, 3.05) is 0 Å². The molecule has 0 unspecified atom stereocenters. The summed E-state index contributed by atoms with van der Waals surface area (Å²) in [6.45, 7) is 0. The summed E-state index contributed by atoms with van der Waals surface area (Å²) in [6.07, 6.45) is 0.889. The molecule has 2 heterocycles. The average molecular weight is 640 g/mol. The second-order valence-electron chi connectivity index (χ2n) is 12.7. The average Bonchev–Trinajstić information content (AvgIpc) is 3.53. The first kappa shape index (κ1) is 29.6. The van der Waals surface area contributed by atoms with Crippen molar-refractivity contribution in [1.82, 2.24) is 14.5 Å². The van der Waals surface area contributed by atoms with Crippen LogP contribution in [0.3, 0.4) is 0 Å². The first-order valence-corrected chi connectivity index (χ1v) is 17.0. The lowest BCUT2D eigenvalue weighted by Crippen LogP contribution is -1.99. The number of nitrogens with zero attached hydrogens (tertiary/aromatic N) is 3. The molecule has 50 heavy (non-hydrogen) atoms. The van der Waals surface area contributed by atoms with E-state index in [1.165, 1.54) is 27.8 Å². The van der Waals surface area contributed by atoms with Crippen molar-refractivity contribution in [3.8, 4) is 50.6 Å². The minimum absolute atomic E-state index is 0.711. The molecule has 236 valence electrons. The first-order valence-electron chi connectivity index (χ1n) is 17.0. The molecule has 3 heteroatoms. The number of rotatable bonds is 7. The van der Waals surface area contributed by atoms with Crippen molar-refractivity contribution in [3.63, 3.8) is 0 Å². The predicted molar refractivity (Wildman–Crippen MR) is 207 cm³/mol. The van der Waals surface area contributed by atoms with E-state index in [1.807, 2.05) is 18.2 Å². The van der Waals surface area contributed by atoms with E-state index < -0.39 is 0 Å². The van der Waals surface area contributed by atoms with E-state index in [4.69, 9.17) is 9.97 Å². The molecule has 0 saturated carbocycles. The molecule has 0 fully saturated rings. The van der Waals surface area contributed by atoms with Crippen LogP contribution in [0.5, 0.6) is 0 Å². The van der Waals surface area contributed by atoms with Crippen molar-refractivity contribution >= 4 is 21.9 Å². The van der Waals surface area contributed by atoms with Gasteiger partial charge in [-0.1, -0.05) is 164 Å². The quantitative estimate of drug-likeness (QED) is 0.174. The zero-order chi connectivity index (χ0) is 33.3. The number of benzene rings is 7. The third-order valence-corrected chi connectivity index (χ3v) is 9.46. The van der Waals surface area contributed by atoms with E-state index in [9.17, 15) is 0 Å². The second-order valence-corrected chi connectivity index (χ2v) is 12.7. The summed E-state index contributed by atoms with van der Waals surface area (Å²) in [5, 5.41) is 2.18. The van der Waals surface area contributed by atoms with Gasteiger partial charge in [0.05, 0.1) is 16.6 Å². The van der Waals surface area contributed by atoms with Crippen LogP contribution < -0.4 is 0 Å². The Balaban J connectivity index is 1.15. The topological polar surface area (TPSA) is 30.7 Å². The molecule has 0 aliphatic heterocycles. The van der Waals surface area contributed by atoms with Crippen molar-refractivity contribution in [2.24, 2.45) is 0 Å². The maximum absolute atomic E-state index is 5.27. The van der Waals surface area contributed by atoms with Crippen LogP contribution in [-0.4, -0.2) is 14.5 Å². The van der Waals surface area contributed by atoms with Crippen molar-refractivity contribution in [3.05, 3.63) is 199 Å². The number of hydrogen-bond donors (Lipinski definition) is 0. The normalized spacial score (nSPS) is 11.3. The predicted octanol–water partition coefficient (Wildman–Crippen LogP) is 11.8. The number of para-hydroxylation sites is 1. The van der Waals surface area contributed by atoms with Crippen LogP contribution in [-0.2, 0) is 6.42 Å². The molecule has 0 aliphatic rings. The monoisotopic (exact) mass is 639 g/mol. The third-order valence-electron chi connectivity index (χ3n) is 9.46. The molecule has 0 bridgehead atoms. The van der Waals surface area contributed by atoms with Crippen LogP contribution in [0.25, 0.3) is 72.5 Å². The van der Waals surface area contributed by atoms with Crippen LogP contribution in [0.2, 0.25) is 0 Å². The highest BCUT2D eigenvalue weighted by molar-refractivity contribution is 6.15. The summed E-state index contributed by atoms with van der Waals surface area (Å²) in [5.74, 6) is 0.711. The molecule has 9 rings (SSSR count). The largest absolute Gasteiger partial charge is 0.294 e. The van der Waals surface area contributed by atoms with Gasteiger partial charge in [0.15, 0.2) is 5.82 Å². The first-order chi connectivity index (χ1) is 24.8. The maximum atomic E-state index is 5.27. The van der Waals surface area contributed by atoms with Gasteiger partial charge in [-0.05, 0) is 64.1 Å². The Bertz CT molecular complexity index is 2560. The Hall–Kier alpha value is -6.58. The van der Waals surface area contributed by atoms with Crippen LogP contribution >= 0.6 is 0 Å². The molecule has 0 aliphatic carbocycles. The van der Waals surface area contributed by atoms with Gasteiger partial charge in [0, 0.05) is 22.2 Å². The van der Waals surface area contributed by atoms with E-state index in [-0.39, 0.29) is 0 Å². The molecule has 2 aromatic heterocycles. The Morgan fingerprint density at radius 3 is 1.48 bits per heavy atom. The van der Waals surface area contributed by atoms with Gasteiger partial charge in [-0.15, -0.1) is 0 Å². The lowest BCUT2D eigenvalue weighted by Gasteiger charge is -2.10. The molecule has 0 spiro atoms. The number of aromatic nitrogens is 3. The Kier molecular flexibility index (Phi) is 7.56. The minimum atomic E-state index is 0.711.